The molecule has 0 atom stereocenters. The van der Waals surface area contributed by atoms with Crippen LogP contribution in [0.15, 0.2) is 24.5 Å². The van der Waals surface area contributed by atoms with Gasteiger partial charge in [-0.05, 0) is 51.4 Å². The van der Waals surface area contributed by atoms with Gasteiger partial charge in [-0.1, -0.05) is 24.1 Å². The molecule has 2 aromatic rings. The fourth-order valence-corrected chi connectivity index (χ4v) is 3.37. The summed E-state index contributed by atoms with van der Waals surface area (Å²) in [5, 5.41) is 17.9. The normalized spacial score (nSPS) is 14.7. The number of anilines is 3. The molecule has 2 N–H and O–H groups in total. The molecule has 1 aliphatic heterocycles. The minimum Gasteiger partial charge on any atom is -0.363 e. The van der Waals surface area contributed by atoms with Crippen LogP contribution in [0.1, 0.15) is 30.4 Å². The smallest absolute Gasteiger partial charge is 0.353 e. The van der Waals surface area contributed by atoms with E-state index >= 15 is 0 Å². The minimum atomic E-state index is -0.435. The van der Waals surface area contributed by atoms with Gasteiger partial charge >= 0.3 is 5.69 Å². The molecule has 1 aromatic heterocycles. The molecular formula is C19H26N6O2. The molecule has 0 saturated carbocycles. The molecule has 0 unspecified atom stereocenters. The molecule has 0 aliphatic carbocycles. The summed E-state index contributed by atoms with van der Waals surface area (Å²) in [5.74, 6) is 0.446. The van der Waals surface area contributed by atoms with Gasteiger partial charge in [0.25, 0.3) is 0 Å². The van der Waals surface area contributed by atoms with Gasteiger partial charge in [-0.2, -0.15) is 0 Å². The monoisotopic (exact) mass is 370 g/mol. The topological polar surface area (TPSA) is 96.2 Å². The van der Waals surface area contributed by atoms with Crippen molar-refractivity contribution in [1.82, 2.24) is 14.9 Å². The second-order valence-corrected chi connectivity index (χ2v) is 6.95. The van der Waals surface area contributed by atoms with E-state index in [0.717, 1.165) is 36.4 Å². The lowest BCUT2D eigenvalue weighted by molar-refractivity contribution is -0.383. The fourth-order valence-electron chi connectivity index (χ4n) is 3.37. The van der Waals surface area contributed by atoms with E-state index in [2.05, 4.69) is 25.5 Å². The largest absolute Gasteiger partial charge is 0.363 e. The first kappa shape index (κ1) is 19.0. The summed E-state index contributed by atoms with van der Waals surface area (Å²) in [4.78, 5) is 21.8. The maximum atomic E-state index is 11.7. The lowest BCUT2D eigenvalue weighted by Gasteiger charge is -2.26. The average Bonchev–Trinajstić information content (AvgIpc) is 2.65. The van der Waals surface area contributed by atoms with E-state index < -0.39 is 4.92 Å². The quantitative estimate of drug-likeness (QED) is 0.567. The van der Waals surface area contributed by atoms with Gasteiger partial charge in [-0.15, -0.1) is 0 Å². The fraction of sp³-hybridized carbons (Fsp3) is 0.474. The van der Waals surface area contributed by atoms with Gasteiger partial charge in [0.2, 0.25) is 11.6 Å². The summed E-state index contributed by atoms with van der Waals surface area (Å²) < 4.78 is 0. The molecule has 2 heterocycles. The number of benzene rings is 1. The van der Waals surface area contributed by atoms with Crippen LogP contribution in [0, 0.1) is 24.0 Å². The number of hydrogen-bond donors (Lipinski definition) is 2. The molecule has 27 heavy (non-hydrogen) atoms. The third-order valence-electron chi connectivity index (χ3n) is 4.81. The summed E-state index contributed by atoms with van der Waals surface area (Å²) in [6.07, 6.45) is 5.08. The number of nitro groups is 1. The third-order valence-corrected chi connectivity index (χ3v) is 4.81. The van der Waals surface area contributed by atoms with E-state index in [9.17, 15) is 10.1 Å². The van der Waals surface area contributed by atoms with Gasteiger partial charge < -0.3 is 15.5 Å². The Morgan fingerprint density at radius 1 is 1.15 bits per heavy atom. The van der Waals surface area contributed by atoms with Crippen LogP contribution in [-0.4, -0.2) is 46.0 Å². The molecular weight excluding hydrogens is 344 g/mol. The molecule has 3 rings (SSSR count). The van der Waals surface area contributed by atoms with Crippen molar-refractivity contribution in [2.45, 2.75) is 33.1 Å². The Hall–Kier alpha value is -2.74. The number of hydrogen-bond acceptors (Lipinski definition) is 7. The third kappa shape index (κ3) is 4.91. The lowest BCUT2D eigenvalue weighted by Crippen LogP contribution is -2.33. The Bertz CT molecular complexity index is 805. The van der Waals surface area contributed by atoms with Gasteiger partial charge in [0.05, 0.1) is 4.92 Å². The number of nitrogens with zero attached hydrogens (tertiary/aromatic N) is 4. The van der Waals surface area contributed by atoms with Crippen LogP contribution in [0.5, 0.6) is 0 Å². The van der Waals surface area contributed by atoms with E-state index in [1.165, 1.54) is 25.6 Å². The average molecular weight is 370 g/mol. The molecule has 0 spiro atoms. The second kappa shape index (κ2) is 8.77. The first-order chi connectivity index (χ1) is 13.0. The maximum Gasteiger partial charge on any atom is 0.353 e. The molecule has 0 bridgehead atoms. The maximum absolute atomic E-state index is 11.7. The molecule has 1 fully saturated rings. The van der Waals surface area contributed by atoms with Crippen molar-refractivity contribution in [3.63, 3.8) is 0 Å². The highest BCUT2D eigenvalue weighted by Crippen LogP contribution is 2.32. The zero-order valence-electron chi connectivity index (χ0n) is 15.9. The molecule has 1 aliphatic rings. The highest BCUT2D eigenvalue weighted by Gasteiger charge is 2.23. The molecule has 1 aromatic carbocycles. The van der Waals surface area contributed by atoms with Gasteiger partial charge in [0.1, 0.15) is 6.33 Å². The van der Waals surface area contributed by atoms with Gasteiger partial charge in [-0.25, -0.2) is 9.97 Å². The number of likely N-dealkylation sites (tertiary alicyclic amines) is 1. The lowest BCUT2D eigenvalue weighted by atomic mass is 10.1. The number of aromatic nitrogens is 2. The Morgan fingerprint density at radius 3 is 2.59 bits per heavy atom. The van der Waals surface area contributed by atoms with Crippen LogP contribution in [0.3, 0.4) is 0 Å². The van der Waals surface area contributed by atoms with Crippen LogP contribution >= 0.6 is 0 Å². The summed E-state index contributed by atoms with van der Waals surface area (Å²) in [6, 6.07) is 5.88. The summed E-state index contributed by atoms with van der Waals surface area (Å²) in [7, 11) is 0. The van der Waals surface area contributed by atoms with Crippen molar-refractivity contribution in [2.75, 3.05) is 36.8 Å². The number of piperidine rings is 1. The summed E-state index contributed by atoms with van der Waals surface area (Å²) >= 11 is 0. The second-order valence-electron chi connectivity index (χ2n) is 6.95. The van der Waals surface area contributed by atoms with E-state index in [1.54, 1.807) is 0 Å². The van der Waals surface area contributed by atoms with Crippen molar-refractivity contribution < 1.29 is 4.92 Å². The molecule has 8 heteroatoms. The highest BCUT2D eigenvalue weighted by molar-refractivity contribution is 5.74. The Kier molecular flexibility index (Phi) is 6.18. The van der Waals surface area contributed by atoms with Crippen LogP contribution in [0.4, 0.5) is 23.0 Å². The first-order valence-corrected chi connectivity index (χ1v) is 9.34. The predicted octanol–water partition coefficient (Wildman–Crippen LogP) is 3.64. The zero-order valence-corrected chi connectivity index (χ0v) is 15.9. The van der Waals surface area contributed by atoms with Crippen LogP contribution in [-0.2, 0) is 0 Å². The molecule has 144 valence electrons. The first-order valence-electron chi connectivity index (χ1n) is 9.34. The van der Waals surface area contributed by atoms with Gasteiger partial charge in [0, 0.05) is 18.8 Å². The van der Waals surface area contributed by atoms with Gasteiger partial charge in [0.15, 0.2) is 0 Å². The van der Waals surface area contributed by atoms with Crippen molar-refractivity contribution in [3.8, 4) is 0 Å². The molecule has 0 radical (unpaired) electrons. The standard InChI is InChI=1S/C19H26N6O2/c1-14-6-7-16(15(2)12-14)23-19-17(25(26)27)18(21-13-22-19)20-8-11-24-9-4-3-5-10-24/h6-7,12-13H,3-5,8-11H2,1-2H3,(H2,20,21,22,23). The Labute approximate surface area is 159 Å². The molecule has 1 saturated heterocycles. The zero-order chi connectivity index (χ0) is 19.2. The predicted molar refractivity (Wildman–Crippen MR) is 107 cm³/mol. The van der Waals surface area contributed by atoms with E-state index in [-0.39, 0.29) is 17.3 Å². The van der Waals surface area contributed by atoms with Crippen molar-refractivity contribution in [1.29, 1.82) is 0 Å². The van der Waals surface area contributed by atoms with Gasteiger partial charge in [-0.3, -0.25) is 10.1 Å². The number of nitrogens with one attached hydrogen (secondary N) is 2. The van der Waals surface area contributed by atoms with Crippen molar-refractivity contribution in [2.24, 2.45) is 0 Å². The van der Waals surface area contributed by atoms with Crippen LogP contribution < -0.4 is 10.6 Å². The van der Waals surface area contributed by atoms with Crippen molar-refractivity contribution >= 4 is 23.0 Å². The molecule has 0 amide bonds. The van der Waals surface area contributed by atoms with E-state index in [1.807, 2.05) is 32.0 Å². The Balaban J connectivity index is 1.74. The Morgan fingerprint density at radius 2 is 1.89 bits per heavy atom. The minimum absolute atomic E-state index is 0.129. The van der Waals surface area contributed by atoms with Crippen LogP contribution in [0.25, 0.3) is 0 Å². The highest BCUT2D eigenvalue weighted by atomic mass is 16.6. The molecule has 8 nitrogen and oxygen atoms in total. The SMILES string of the molecule is Cc1ccc(Nc2ncnc(NCCN3CCCCC3)c2[N+](=O)[O-])c(C)c1. The van der Waals surface area contributed by atoms with E-state index in [0.29, 0.717) is 6.54 Å². The van der Waals surface area contributed by atoms with Crippen molar-refractivity contribution in [3.05, 3.63) is 45.8 Å². The number of aryl methyl sites for hydroxylation is 2. The van der Waals surface area contributed by atoms with E-state index in [4.69, 9.17) is 0 Å². The summed E-state index contributed by atoms with van der Waals surface area (Å²) in [5.41, 5.74) is 2.80. The number of rotatable bonds is 7. The summed E-state index contributed by atoms with van der Waals surface area (Å²) in [6.45, 7) is 7.61. The van der Waals surface area contributed by atoms with Crippen LogP contribution in [0.2, 0.25) is 0 Å².